The molecule has 2 fully saturated rings. The minimum atomic E-state index is -3.01. The fourth-order valence-corrected chi connectivity index (χ4v) is 6.18. The number of carbonyl (C=O) groups excluding carboxylic acids is 1. The molecule has 28 heavy (non-hydrogen) atoms. The Morgan fingerprint density at radius 2 is 1.96 bits per heavy atom. The van der Waals surface area contributed by atoms with Gasteiger partial charge in [-0.3, -0.25) is 9.69 Å². The molecule has 2 aliphatic heterocycles. The maximum Gasteiger partial charge on any atom is 0.239 e. The summed E-state index contributed by atoms with van der Waals surface area (Å²) < 4.78 is 23.6. The van der Waals surface area contributed by atoms with Crippen LogP contribution in [-0.2, 0) is 14.6 Å². The Morgan fingerprint density at radius 1 is 1.29 bits per heavy atom. The van der Waals surface area contributed by atoms with Crippen LogP contribution in [0.4, 0.5) is 5.69 Å². The summed E-state index contributed by atoms with van der Waals surface area (Å²) in [5.41, 5.74) is 2.35. The molecule has 0 aliphatic carbocycles. The molecular weight excluding hydrogens is 398 g/mol. The largest absolute Gasteiger partial charge is 0.369 e. The monoisotopic (exact) mass is 427 g/mol. The molecule has 0 radical (unpaired) electrons. The smallest absolute Gasteiger partial charge is 0.239 e. The van der Waals surface area contributed by atoms with E-state index >= 15 is 0 Å². The van der Waals surface area contributed by atoms with Crippen LogP contribution in [0.25, 0.3) is 0 Å². The van der Waals surface area contributed by atoms with Crippen LogP contribution in [0.3, 0.4) is 0 Å². The molecule has 8 heteroatoms. The van der Waals surface area contributed by atoms with Gasteiger partial charge in [-0.05, 0) is 44.9 Å². The summed E-state index contributed by atoms with van der Waals surface area (Å²) in [6, 6.07) is 5.51. The lowest BCUT2D eigenvalue weighted by Crippen LogP contribution is -2.56. The average Bonchev–Trinajstić information content (AvgIpc) is 3.03. The van der Waals surface area contributed by atoms with Gasteiger partial charge < -0.3 is 9.80 Å². The summed E-state index contributed by atoms with van der Waals surface area (Å²) in [7, 11) is -3.01. The Balaban J connectivity index is 1.61. The zero-order valence-electron chi connectivity index (χ0n) is 16.9. The molecule has 1 amide bonds. The molecule has 0 saturated carbocycles. The molecular formula is C20H30ClN3O3S. The number of hydrogen-bond acceptors (Lipinski definition) is 5. The fraction of sp³-hybridized carbons (Fsp3) is 0.650. The molecule has 3 rings (SSSR count). The predicted octanol–water partition coefficient (Wildman–Crippen LogP) is 2.19. The van der Waals surface area contributed by atoms with Crippen LogP contribution < -0.4 is 4.90 Å². The molecule has 1 aromatic rings. The van der Waals surface area contributed by atoms with Crippen LogP contribution in [-0.4, -0.2) is 80.4 Å². The van der Waals surface area contributed by atoms with Crippen molar-refractivity contribution in [2.75, 3.05) is 49.1 Å². The van der Waals surface area contributed by atoms with Gasteiger partial charge in [0.05, 0.1) is 17.5 Å². The number of amides is 1. The highest BCUT2D eigenvalue weighted by Gasteiger charge is 2.37. The minimum Gasteiger partial charge on any atom is -0.369 e. The van der Waals surface area contributed by atoms with Gasteiger partial charge in [0.15, 0.2) is 9.84 Å². The second-order valence-corrected chi connectivity index (χ2v) is 10.5. The van der Waals surface area contributed by atoms with Gasteiger partial charge >= 0.3 is 0 Å². The van der Waals surface area contributed by atoms with Crippen LogP contribution in [0.2, 0.25) is 5.02 Å². The first-order valence-electron chi connectivity index (χ1n) is 9.98. The van der Waals surface area contributed by atoms with E-state index in [1.807, 2.05) is 32.0 Å². The van der Waals surface area contributed by atoms with Gasteiger partial charge in [-0.2, -0.15) is 0 Å². The highest BCUT2D eigenvalue weighted by Crippen LogP contribution is 2.26. The maximum absolute atomic E-state index is 13.1. The number of benzene rings is 1. The van der Waals surface area contributed by atoms with Gasteiger partial charge in [-0.1, -0.05) is 17.7 Å². The molecule has 0 aromatic heterocycles. The van der Waals surface area contributed by atoms with Crippen LogP contribution in [0.1, 0.15) is 25.8 Å². The first kappa shape index (κ1) is 21.4. The Kier molecular flexibility index (Phi) is 6.57. The average molecular weight is 428 g/mol. The standard InChI is InChI=1S/C20H30ClN3O3S/c1-4-24(18-7-12-28(26,27)14-18)20(25)16(3)22-8-10-23(11-9-22)19-13-17(21)6-5-15(19)2/h5-6,13,16,18H,4,7-12,14H2,1-3H3/t16-,18-/m0/s1. The van der Waals surface area contributed by atoms with Gasteiger partial charge in [-0.15, -0.1) is 0 Å². The van der Waals surface area contributed by atoms with Crippen LogP contribution in [0, 0.1) is 6.92 Å². The number of anilines is 1. The first-order valence-corrected chi connectivity index (χ1v) is 12.2. The molecule has 0 N–H and O–H groups in total. The third-order valence-corrected chi connectivity index (χ3v) is 7.99. The second kappa shape index (κ2) is 8.59. The van der Waals surface area contributed by atoms with E-state index in [4.69, 9.17) is 11.6 Å². The minimum absolute atomic E-state index is 0.0389. The van der Waals surface area contributed by atoms with Gasteiger partial charge in [0.2, 0.25) is 5.91 Å². The number of halogens is 1. The molecule has 0 bridgehead atoms. The molecule has 2 aliphatic rings. The second-order valence-electron chi connectivity index (χ2n) is 7.81. The van der Waals surface area contributed by atoms with Crippen molar-refractivity contribution in [1.29, 1.82) is 0 Å². The number of nitrogens with zero attached hydrogens (tertiary/aromatic N) is 3. The molecule has 6 nitrogen and oxygen atoms in total. The van der Waals surface area contributed by atoms with Crippen LogP contribution >= 0.6 is 11.6 Å². The summed E-state index contributed by atoms with van der Waals surface area (Å²) in [4.78, 5) is 19.4. The molecule has 0 spiro atoms. The van der Waals surface area contributed by atoms with E-state index in [2.05, 4.69) is 16.7 Å². The normalized spacial score (nSPS) is 23.6. The zero-order chi connectivity index (χ0) is 20.5. The van der Waals surface area contributed by atoms with E-state index in [1.165, 1.54) is 5.56 Å². The Bertz CT molecular complexity index is 822. The number of aryl methyl sites for hydroxylation is 1. The zero-order valence-corrected chi connectivity index (χ0v) is 18.5. The summed E-state index contributed by atoms with van der Waals surface area (Å²) in [5, 5.41) is 0.733. The number of hydrogen-bond donors (Lipinski definition) is 0. The van der Waals surface area contributed by atoms with Crippen molar-refractivity contribution in [1.82, 2.24) is 9.80 Å². The van der Waals surface area contributed by atoms with E-state index in [-0.39, 0.29) is 29.5 Å². The van der Waals surface area contributed by atoms with Crippen molar-refractivity contribution in [2.45, 2.75) is 39.3 Å². The van der Waals surface area contributed by atoms with E-state index in [1.54, 1.807) is 4.90 Å². The lowest BCUT2D eigenvalue weighted by Gasteiger charge is -2.41. The highest BCUT2D eigenvalue weighted by atomic mass is 35.5. The molecule has 1 aromatic carbocycles. The molecule has 2 saturated heterocycles. The first-order chi connectivity index (χ1) is 13.2. The number of piperazine rings is 1. The van der Waals surface area contributed by atoms with E-state index in [9.17, 15) is 13.2 Å². The van der Waals surface area contributed by atoms with Crippen molar-refractivity contribution in [3.8, 4) is 0 Å². The number of carbonyl (C=O) groups is 1. The number of likely N-dealkylation sites (N-methyl/N-ethyl adjacent to an activating group) is 1. The maximum atomic E-state index is 13.1. The van der Waals surface area contributed by atoms with E-state index < -0.39 is 9.84 Å². The van der Waals surface area contributed by atoms with Crippen molar-refractivity contribution >= 4 is 33.0 Å². The third-order valence-electron chi connectivity index (χ3n) is 6.00. The highest BCUT2D eigenvalue weighted by molar-refractivity contribution is 7.91. The van der Waals surface area contributed by atoms with Crippen LogP contribution in [0.15, 0.2) is 18.2 Å². The van der Waals surface area contributed by atoms with Crippen molar-refractivity contribution in [3.63, 3.8) is 0 Å². The van der Waals surface area contributed by atoms with Crippen LogP contribution in [0.5, 0.6) is 0 Å². The number of sulfone groups is 1. The Hall–Kier alpha value is -1.31. The van der Waals surface area contributed by atoms with Crippen molar-refractivity contribution in [2.24, 2.45) is 0 Å². The summed E-state index contributed by atoms with van der Waals surface area (Å²) in [6.07, 6.45) is 0.552. The van der Waals surface area contributed by atoms with Gasteiger partial charge in [0.25, 0.3) is 0 Å². The summed E-state index contributed by atoms with van der Waals surface area (Å²) >= 11 is 6.16. The van der Waals surface area contributed by atoms with Gasteiger partial charge in [0, 0.05) is 49.5 Å². The fourth-order valence-electron chi connectivity index (χ4n) is 4.28. The summed E-state index contributed by atoms with van der Waals surface area (Å²) in [5.74, 6) is 0.325. The summed E-state index contributed by atoms with van der Waals surface area (Å²) in [6.45, 7) is 9.75. The predicted molar refractivity (Wildman–Crippen MR) is 114 cm³/mol. The Labute approximate surface area is 173 Å². The lowest BCUT2D eigenvalue weighted by atomic mass is 10.1. The van der Waals surface area contributed by atoms with E-state index in [0.29, 0.717) is 13.0 Å². The quantitative estimate of drug-likeness (QED) is 0.720. The molecule has 156 valence electrons. The SMILES string of the molecule is CCN(C(=O)[C@H](C)N1CCN(c2cc(Cl)ccc2C)CC1)[C@H]1CCS(=O)(=O)C1. The van der Waals surface area contributed by atoms with E-state index in [0.717, 1.165) is 36.9 Å². The molecule has 2 heterocycles. The molecule has 2 atom stereocenters. The van der Waals surface area contributed by atoms with Gasteiger partial charge in [-0.25, -0.2) is 8.42 Å². The van der Waals surface area contributed by atoms with Crippen molar-refractivity contribution in [3.05, 3.63) is 28.8 Å². The molecule has 0 unspecified atom stereocenters. The Morgan fingerprint density at radius 3 is 2.54 bits per heavy atom. The lowest BCUT2D eigenvalue weighted by molar-refractivity contribution is -0.138. The topological polar surface area (TPSA) is 60.9 Å². The van der Waals surface area contributed by atoms with Gasteiger partial charge in [0.1, 0.15) is 0 Å². The number of rotatable bonds is 5. The van der Waals surface area contributed by atoms with Crippen molar-refractivity contribution < 1.29 is 13.2 Å². The third kappa shape index (κ3) is 4.63.